The molecule has 0 saturated heterocycles. The van der Waals surface area contributed by atoms with Crippen LogP contribution in [0.5, 0.6) is 11.5 Å². The van der Waals surface area contributed by atoms with Crippen molar-refractivity contribution in [2.75, 3.05) is 14.2 Å². The summed E-state index contributed by atoms with van der Waals surface area (Å²) in [4.78, 5) is 12.2. The van der Waals surface area contributed by atoms with E-state index >= 15 is 0 Å². The van der Waals surface area contributed by atoms with Crippen molar-refractivity contribution in [2.24, 2.45) is 29.6 Å². The van der Waals surface area contributed by atoms with E-state index < -0.39 is 23.6 Å². The van der Waals surface area contributed by atoms with Gasteiger partial charge in [0.05, 0.1) is 14.2 Å². The Hall–Kier alpha value is -2.03. The molecule has 6 rings (SSSR count). The van der Waals surface area contributed by atoms with E-state index in [-0.39, 0.29) is 39.0 Å². The molecule has 1 fully saturated rings. The Morgan fingerprint density at radius 1 is 0.755 bits per heavy atom. The van der Waals surface area contributed by atoms with E-state index in [1.165, 1.54) is 40.5 Å². The first kappa shape index (κ1) is 51.0. The van der Waals surface area contributed by atoms with Gasteiger partial charge in [0.1, 0.15) is 41.0 Å². The normalized spacial score (nSPS) is 21.5. The first-order valence-electron chi connectivity index (χ1n) is 17.5. The maximum Gasteiger partial charge on any atom is 3.00 e. The summed E-state index contributed by atoms with van der Waals surface area (Å²) in [6, 6.07) is 20.0. The molecule has 3 aromatic rings. The van der Waals surface area contributed by atoms with Gasteiger partial charge in [-0.3, -0.25) is 12.9 Å². The van der Waals surface area contributed by atoms with Gasteiger partial charge in [-0.15, -0.1) is 0 Å². The Bertz CT molecular complexity index is 1550. The number of hydrogen-bond acceptors (Lipinski definition) is 3. The molecule has 53 heavy (non-hydrogen) atoms. The van der Waals surface area contributed by atoms with Gasteiger partial charge in [-0.1, -0.05) is 63.6 Å². The van der Waals surface area contributed by atoms with Gasteiger partial charge in [0.25, 0.3) is 0 Å². The summed E-state index contributed by atoms with van der Waals surface area (Å²) in [5, 5.41) is 5.17. The molecule has 294 valence electrons. The van der Waals surface area contributed by atoms with Gasteiger partial charge in [0.15, 0.2) is 13.5 Å². The largest absolute Gasteiger partial charge is 3.00 e. The van der Waals surface area contributed by atoms with Crippen molar-refractivity contribution in [3.63, 3.8) is 0 Å². The molecule has 3 aliphatic rings. The molecule has 3 nitrogen and oxygen atoms in total. The molecular weight excluding hydrogens is 804 g/mol. The van der Waals surface area contributed by atoms with Gasteiger partial charge in [0, 0.05) is 5.92 Å². The van der Waals surface area contributed by atoms with Crippen LogP contribution in [-0.2, 0) is 19.5 Å². The molecule has 0 amide bonds. The second kappa shape index (κ2) is 23.8. The molecule has 1 N–H and O–H groups in total. The molecule has 0 spiro atoms. The van der Waals surface area contributed by atoms with Gasteiger partial charge in [-0.25, -0.2) is 4.89 Å². The summed E-state index contributed by atoms with van der Waals surface area (Å²) < 4.78 is 40.3. The maximum atomic E-state index is 12.2. The predicted octanol–water partition coefficient (Wildman–Crippen LogP) is 6.86. The van der Waals surface area contributed by atoms with E-state index in [1.54, 1.807) is 14.2 Å². The molecule has 3 aromatic carbocycles. The average molecular weight is 865 g/mol. The zero-order valence-corrected chi connectivity index (χ0v) is 36.6. The molecule has 0 aliphatic heterocycles. The average Bonchev–Trinajstić information content (AvgIpc) is 3.72. The van der Waals surface area contributed by atoms with Crippen molar-refractivity contribution in [2.45, 2.75) is 72.9 Å². The Morgan fingerprint density at radius 2 is 1.26 bits per heavy atom. The zero-order valence-electron chi connectivity index (χ0n) is 33.0. The summed E-state index contributed by atoms with van der Waals surface area (Å²) in [6.45, 7) is 13.4. The topological polar surface area (TPSA) is 38.7 Å². The van der Waals surface area contributed by atoms with Crippen molar-refractivity contribution in [1.82, 2.24) is 0 Å². The maximum absolute atomic E-state index is 12.2. The molecule has 0 heterocycles. The molecule has 2 unspecified atom stereocenters. The SMILES string of the molecule is C1=CC2C=CC1C2.COc1ccc([PH+](c2cc(C)c(OC)c(C)c2)c2ccccc2[PH+](O)[C@@H]2C[C@H](C)CC[C@H]2C(C)C)cc1C.FB(F)F.[CH3-].[CH3-].[F-].[Rh+3]. The van der Waals surface area contributed by atoms with Crippen LogP contribution in [0.3, 0.4) is 0 Å². The van der Waals surface area contributed by atoms with Gasteiger partial charge >= 0.3 is 27.0 Å². The minimum atomic E-state index is -3.67. The van der Waals surface area contributed by atoms with E-state index in [4.69, 9.17) is 9.47 Å². The summed E-state index contributed by atoms with van der Waals surface area (Å²) >= 11 is 0. The van der Waals surface area contributed by atoms with Crippen LogP contribution in [0.2, 0.25) is 0 Å². The third kappa shape index (κ3) is 13.3. The van der Waals surface area contributed by atoms with Crippen molar-refractivity contribution in [1.29, 1.82) is 0 Å². The number of methoxy groups -OCH3 is 2. The number of hydrogen-bond donors (Lipinski definition) is 1. The van der Waals surface area contributed by atoms with Gasteiger partial charge < -0.3 is 29.0 Å². The number of fused-ring (bicyclic) bond motifs is 2. The Morgan fingerprint density at radius 3 is 1.70 bits per heavy atom. The van der Waals surface area contributed by atoms with Crippen molar-refractivity contribution >= 4 is 44.8 Å². The summed E-state index contributed by atoms with van der Waals surface area (Å²) in [7, 11) is -3.35. The standard InChI is InChI=1S/C33H44O3P2.C7H8.2CH3.BF3.FH.Rh/c1-21(2)28-15-13-22(3)17-32(28)38(34)31-12-10-9-11-30(31)37(26-14-16-29(35-7)23(4)18-26)27-19-24(5)33(36-8)25(6)20-27;1-2-7-4-3-6(1)5-7;;;2-1(3)4;;/h9-12,14,16,18-22,28,32,34H,13,15,17H2,1-8H3;1-4,6-7H,5H2;2*1H3;;1H;/q;;2*-1;;;+3/p+1/t22-,28+,32-,37?,38?;;;;;;/m1....../s1. The van der Waals surface area contributed by atoms with Crippen molar-refractivity contribution < 1.29 is 51.5 Å². The second-order valence-electron chi connectivity index (χ2n) is 14.1. The van der Waals surface area contributed by atoms with E-state index in [0.717, 1.165) is 46.4 Å². The summed E-state index contributed by atoms with van der Waals surface area (Å²) in [6.07, 6.45) is 14.2. The molecule has 11 heteroatoms. The Balaban J connectivity index is 0.00000154. The Labute approximate surface area is 333 Å². The minimum absolute atomic E-state index is 0. The van der Waals surface area contributed by atoms with Crippen molar-refractivity contribution in [3.8, 4) is 11.5 Å². The molecule has 5 atom stereocenters. The van der Waals surface area contributed by atoms with Crippen LogP contribution in [0.15, 0.2) is 78.9 Å². The Kier molecular flexibility index (Phi) is 22.9. The van der Waals surface area contributed by atoms with Crippen LogP contribution in [0, 0.1) is 65.2 Å². The van der Waals surface area contributed by atoms with Crippen LogP contribution < -0.4 is 35.4 Å². The molecular formula is C42H60BF4O3P2Rh+2. The molecule has 2 bridgehead atoms. The number of rotatable bonds is 8. The monoisotopic (exact) mass is 864 g/mol. The number of allylic oxidation sites excluding steroid dienone is 4. The van der Waals surface area contributed by atoms with Crippen molar-refractivity contribution in [3.05, 3.63) is 110 Å². The first-order valence-corrected chi connectivity index (χ1v) is 20.5. The fourth-order valence-corrected chi connectivity index (χ4v) is 14.2. The van der Waals surface area contributed by atoms with E-state index in [1.807, 2.05) is 0 Å². The number of ether oxygens (including phenoxy) is 2. The van der Waals surface area contributed by atoms with Crippen LogP contribution in [0.1, 0.15) is 63.1 Å². The smallest absolute Gasteiger partial charge is 1.00 e. The predicted molar refractivity (Wildman–Crippen MR) is 221 cm³/mol. The first-order chi connectivity index (χ1) is 23.3. The minimum Gasteiger partial charge on any atom is -1.00 e. The zero-order chi connectivity index (χ0) is 35.8. The van der Waals surface area contributed by atoms with Crippen LogP contribution in [0.4, 0.5) is 12.9 Å². The van der Waals surface area contributed by atoms with E-state index in [0.29, 0.717) is 23.4 Å². The molecule has 1 saturated carbocycles. The van der Waals surface area contributed by atoms with Gasteiger partial charge in [-0.05, 0) is 123 Å². The summed E-state index contributed by atoms with van der Waals surface area (Å²) in [5.74, 6) is 5.34. The number of aryl methyl sites for hydroxylation is 3. The van der Waals surface area contributed by atoms with Crippen LogP contribution >= 0.6 is 16.1 Å². The quantitative estimate of drug-likeness (QED) is 0.0886. The second-order valence-corrected chi connectivity index (χ2v) is 18.6. The number of benzene rings is 3. The summed E-state index contributed by atoms with van der Waals surface area (Å²) in [5.41, 5.74) is 3.83. The molecule has 3 aliphatic carbocycles. The van der Waals surface area contributed by atoms with Crippen LogP contribution in [0.25, 0.3) is 0 Å². The third-order valence-electron chi connectivity index (χ3n) is 10.2. The fraction of sp³-hybridized carbons (Fsp3) is 0.429. The fourth-order valence-electron chi connectivity index (χ4n) is 7.90. The molecule has 0 aromatic heterocycles. The van der Waals surface area contributed by atoms with E-state index in [2.05, 4.69) is 120 Å². The van der Waals surface area contributed by atoms with Gasteiger partial charge in [-0.2, -0.15) is 0 Å². The van der Waals surface area contributed by atoms with Gasteiger partial charge in [0.2, 0.25) is 0 Å². The number of halogens is 4. The van der Waals surface area contributed by atoms with E-state index in [9.17, 15) is 17.8 Å². The third-order valence-corrected chi connectivity index (χ3v) is 15.6. The van der Waals surface area contributed by atoms with Crippen LogP contribution in [-0.4, -0.2) is 32.3 Å². The molecule has 0 radical (unpaired) electrons.